The lowest BCUT2D eigenvalue weighted by Gasteiger charge is -2.25. The number of ketones is 1. The van der Waals surface area contributed by atoms with Gasteiger partial charge in [0.15, 0.2) is 0 Å². The molecule has 0 aliphatic carbocycles. The average Bonchev–Trinajstić information content (AvgIpc) is 2.56. The normalized spacial score (nSPS) is 26.9. The zero-order chi connectivity index (χ0) is 10.4. The third-order valence-corrected chi connectivity index (χ3v) is 2.30. The predicted octanol–water partition coefficient (Wildman–Crippen LogP) is 0.247. The summed E-state index contributed by atoms with van der Waals surface area (Å²) in [5.41, 5.74) is 1.18. The average molecular weight is 203 g/mol. The van der Waals surface area contributed by atoms with E-state index in [9.17, 15) is 9.59 Å². The van der Waals surface area contributed by atoms with Crippen molar-refractivity contribution in [3.05, 3.63) is 35.8 Å². The van der Waals surface area contributed by atoms with E-state index in [-0.39, 0.29) is 5.57 Å². The van der Waals surface area contributed by atoms with Gasteiger partial charge in [-0.25, -0.2) is 4.99 Å². The summed E-state index contributed by atoms with van der Waals surface area (Å²) in [7, 11) is 0. The summed E-state index contributed by atoms with van der Waals surface area (Å²) in [5.74, 6) is -1.38. The third kappa shape index (κ3) is 0.999. The molecule has 74 valence electrons. The Morgan fingerprint density at radius 3 is 3.00 bits per heavy atom. The van der Waals surface area contributed by atoms with Crippen LogP contribution in [0.1, 0.15) is 0 Å². The van der Waals surface area contributed by atoms with Crippen LogP contribution in [0.4, 0.5) is 0 Å². The van der Waals surface area contributed by atoms with Crippen molar-refractivity contribution in [1.82, 2.24) is 0 Å². The molecule has 0 aromatic rings. The van der Waals surface area contributed by atoms with E-state index in [0.717, 1.165) is 0 Å². The quantitative estimate of drug-likeness (QED) is 0.529. The second-order valence-corrected chi connectivity index (χ2v) is 3.18. The molecule has 5 nitrogen and oxygen atoms in total. The van der Waals surface area contributed by atoms with Crippen molar-refractivity contribution in [3.8, 4) is 0 Å². The molecule has 0 N–H and O–H groups in total. The Morgan fingerprint density at radius 2 is 2.13 bits per heavy atom. The maximum Gasteiger partial charge on any atom is 0.318 e. The van der Waals surface area contributed by atoms with Crippen LogP contribution in [-0.4, -0.2) is 23.7 Å². The fourth-order valence-corrected chi connectivity index (χ4v) is 1.60. The lowest BCUT2D eigenvalue weighted by molar-refractivity contribution is -0.132. The van der Waals surface area contributed by atoms with Gasteiger partial charge in [-0.1, -0.05) is 0 Å². The molecular weight excluding hydrogens is 198 g/mol. The van der Waals surface area contributed by atoms with Crippen molar-refractivity contribution in [2.24, 2.45) is 4.99 Å². The Bertz CT molecular complexity index is 496. The number of rotatable bonds is 0. The number of aliphatic imine (C=N–C) groups is 1. The topological polar surface area (TPSA) is 65.0 Å². The number of carbonyl (C=O) groups is 2. The molecule has 1 unspecified atom stereocenters. The molecule has 0 saturated heterocycles. The molecule has 0 radical (unpaired) electrons. The minimum atomic E-state index is -0.754. The van der Waals surface area contributed by atoms with Crippen LogP contribution in [0.2, 0.25) is 0 Å². The molecule has 3 heterocycles. The van der Waals surface area contributed by atoms with Crippen LogP contribution >= 0.6 is 0 Å². The molecule has 0 saturated carbocycles. The Morgan fingerprint density at radius 1 is 1.27 bits per heavy atom. The number of carbonyl (C=O) groups excluding carboxylic acids is 2. The molecule has 0 aromatic heterocycles. The van der Waals surface area contributed by atoms with Gasteiger partial charge in [-0.15, -0.1) is 0 Å². The van der Waals surface area contributed by atoms with E-state index in [2.05, 4.69) is 4.99 Å². The van der Waals surface area contributed by atoms with E-state index in [4.69, 9.17) is 9.47 Å². The minimum Gasteiger partial charge on any atom is -0.458 e. The van der Waals surface area contributed by atoms with Crippen LogP contribution in [-0.2, 0) is 19.1 Å². The van der Waals surface area contributed by atoms with Gasteiger partial charge in [0.05, 0.1) is 23.1 Å². The van der Waals surface area contributed by atoms with Gasteiger partial charge in [-0.05, 0) is 12.2 Å². The second-order valence-electron chi connectivity index (χ2n) is 3.18. The van der Waals surface area contributed by atoms with Gasteiger partial charge < -0.3 is 9.47 Å². The first kappa shape index (κ1) is 8.16. The van der Waals surface area contributed by atoms with Crippen molar-refractivity contribution in [3.63, 3.8) is 0 Å². The Balaban J connectivity index is 2.15. The molecule has 0 fully saturated rings. The number of nitrogens with zero attached hydrogens (tertiary/aromatic N) is 1. The van der Waals surface area contributed by atoms with E-state index in [1.165, 1.54) is 12.5 Å². The van der Waals surface area contributed by atoms with E-state index >= 15 is 0 Å². The zero-order valence-electron chi connectivity index (χ0n) is 7.47. The van der Waals surface area contributed by atoms with Crippen molar-refractivity contribution in [2.45, 2.75) is 6.29 Å². The van der Waals surface area contributed by atoms with Gasteiger partial charge in [0, 0.05) is 0 Å². The van der Waals surface area contributed by atoms with Crippen molar-refractivity contribution in [2.75, 3.05) is 0 Å². The van der Waals surface area contributed by atoms with Crippen molar-refractivity contribution in [1.29, 1.82) is 0 Å². The predicted molar refractivity (Wildman–Crippen MR) is 48.7 cm³/mol. The van der Waals surface area contributed by atoms with Gasteiger partial charge in [-0.3, -0.25) is 9.59 Å². The number of allylic oxidation sites excluding steroid dienone is 2. The van der Waals surface area contributed by atoms with Crippen LogP contribution < -0.4 is 0 Å². The molecular formula is C10H5NO4. The molecule has 0 spiro atoms. The lowest BCUT2D eigenvalue weighted by Crippen LogP contribution is -2.28. The van der Waals surface area contributed by atoms with Gasteiger partial charge in [0.2, 0.25) is 0 Å². The maximum atomic E-state index is 11.3. The fourth-order valence-electron chi connectivity index (χ4n) is 1.60. The number of hydrogen-bond donors (Lipinski definition) is 0. The molecule has 0 bridgehead atoms. The largest absolute Gasteiger partial charge is 0.458 e. The highest BCUT2D eigenvalue weighted by atomic mass is 16.7. The first-order valence-electron chi connectivity index (χ1n) is 4.33. The number of amides is 1. The van der Waals surface area contributed by atoms with Gasteiger partial charge in [-0.2, -0.15) is 0 Å². The summed E-state index contributed by atoms with van der Waals surface area (Å²) in [4.78, 5) is 26.1. The first-order valence-corrected chi connectivity index (χ1v) is 4.33. The molecule has 3 aliphatic rings. The van der Waals surface area contributed by atoms with Gasteiger partial charge in [0.1, 0.15) is 6.26 Å². The highest BCUT2D eigenvalue weighted by Crippen LogP contribution is 2.28. The SMILES string of the molecule is O=C1N=C2C(=COC3OC=CC=C23)C1=O. The molecule has 15 heavy (non-hydrogen) atoms. The van der Waals surface area contributed by atoms with E-state index < -0.39 is 18.0 Å². The Hall–Kier alpha value is -2.17. The minimum absolute atomic E-state index is 0.210. The third-order valence-electron chi connectivity index (χ3n) is 2.30. The number of hydrogen-bond acceptors (Lipinski definition) is 4. The summed E-state index contributed by atoms with van der Waals surface area (Å²) in [6.07, 6.45) is 5.48. The summed E-state index contributed by atoms with van der Waals surface area (Å²) < 4.78 is 10.3. The van der Waals surface area contributed by atoms with E-state index in [0.29, 0.717) is 11.3 Å². The van der Waals surface area contributed by atoms with Crippen molar-refractivity contribution >= 4 is 17.4 Å². The summed E-state index contributed by atoms with van der Waals surface area (Å²) in [5, 5.41) is 0. The number of fused-ring (bicyclic) bond motifs is 3. The summed E-state index contributed by atoms with van der Waals surface area (Å²) in [6, 6.07) is 0. The van der Waals surface area contributed by atoms with Gasteiger partial charge >= 0.3 is 5.91 Å². The fraction of sp³-hybridized carbons (Fsp3) is 0.100. The van der Waals surface area contributed by atoms with Crippen LogP contribution in [0.3, 0.4) is 0 Å². The lowest BCUT2D eigenvalue weighted by atomic mass is 9.99. The highest BCUT2D eigenvalue weighted by Gasteiger charge is 2.39. The van der Waals surface area contributed by atoms with E-state index in [1.54, 1.807) is 12.2 Å². The highest BCUT2D eigenvalue weighted by molar-refractivity contribution is 6.58. The first-order chi connectivity index (χ1) is 7.27. The molecule has 3 rings (SSSR count). The van der Waals surface area contributed by atoms with Crippen molar-refractivity contribution < 1.29 is 19.1 Å². The molecule has 0 aromatic carbocycles. The summed E-state index contributed by atoms with van der Waals surface area (Å²) in [6.45, 7) is 0. The molecule has 1 atom stereocenters. The monoisotopic (exact) mass is 203 g/mol. The number of Topliss-reactive ketones (excluding diaryl/α,β-unsaturated/α-hetero) is 1. The van der Waals surface area contributed by atoms with Crippen LogP contribution in [0, 0.1) is 0 Å². The summed E-state index contributed by atoms with van der Waals surface area (Å²) >= 11 is 0. The molecule has 1 amide bonds. The van der Waals surface area contributed by atoms with E-state index in [1.807, 2.05) is 0 Å². The number of ether oxygens (including phenoxy) is 2. The molecule has 5 heteroatoms. The van der Waals surface area contributed by atoms with Crippen LogP contribution in [0.25, 0.3) is 0 Å². The zero-order valence-corrected chi connectivity index (χ0v) is 7.47. The smallest absolute Gasteiger partial charge is 0.318 e. The Kier molecular flexibility index (Phi) is 1.45. The van der Waals surface area contributed by atoms with Crippen LogP contribution in [0.5, 0.6) is 0 Å². The Labute approximate surface area is 84.4 Å². The standard InChI is InChI=1S/C10H5NO4/c12-8-6-4-15-10-5(2-1-3-14-10)7(6)11-9(8)13/h1-4,10H. The maximum absolute atomic E-state index is 11.3. The van der Waals surface area contributed by atoms with Crippen LogP contribution in [0.15, 0.2) is 40.8 Å². The molecule has 3 aliphatic heterocycles. The van der Waals surface area contributed by atoms with Gasteiger partial charge in [0.25, 0.3) is 12.1 Å². The second kappa shape index (κ2) is 2.66.